The zero-order valence-electron chi connectivity index (χ0n) is 6.40. The lowest BCUT2D eigenvalue weighted by Gasteiger charge is -2.03. The zero-order valence-corrected chi connectivity index (χ0v) is 7.21. The van der Waals surface area contributed by atoms with Crippen molar-refractivity contribution in [1.82, 2.24) is 5.43 Å². The van der Waals surface area contributed by atoms with Gasteiger partial charge in [0.1, 0.15) is 12.3 Å². The lowest BCUT2D eigenvalue weighted by molar-refractivity contribution is 0.578. The minimum atomic E-state index is -2.85. The van der Waals surface area contributed by atoms with Crippen molar-refractivity contribution in [3.05, 3.63) is 0 Å². The van der Waals surface area contributed by atoms with E-state index in [9.17, 15) is 8.42 Å². The van der Waals surface area contributed by atoms with Crippen LogP contribution in [0.5, 0.6) is 0 Å². The molecule has 0 aliphatic carbocycles. The van der Waals surface area contributed by atoms with Gasteiger partial charge < -0.3 is 5.43 Å². The number of hydrazone groups is 1. The van der Waals surface area contributed by atoms with Crippen LogP contribution in [-0.4, -0.2) is 32.2 Å². The molecule has 1 fully saturated rings. The summed E-state index contributed by atoms with van der Waals surface area (Å²) in [5.41, 5.74) is 2.61. The van der Waals surface area contributed by atoms with Crippen LogP contribution in [0.15, 0.2) is 5.10 Å². The molecule has 1 unspecified atom stereocenters. The number of rotatable bonds is 2. The molecule has 1 aliphatic heterocycles. The number of nitrogens with zero attached hydrogens (tertiary/aromatic N) is 2. The van der Waals surface area contributed by atoms with Gasteiger partial charge in [-0.25, -0.2) is 8.42 Å². The third-order valence-electron chi connectivity index (χ3n) is 1.61. The van der Waals surface area contributed by atoms with Crippen molar-refractivity contribution in [2.24, 2.45) is 5.10 Å². The van der Waals surface area contributed by atoms with E-state index >= 15 is 0 Å². The van der Waals surface area contributed by atoms with Gasteiger partial charge in [-0.2, -0.15) is 10.4 Å². The summed E-state index contributed by atoms with van der Waals surface area (Å²) < 4.78 is 21.8. The summed E-state index contributed by atoms with van der Waals surface area (Å²) in [7, 11) is -2.85. The molecule has 0 amide bonds. The SMILES string of the molecule is N#C/C=N/NC1CCS(=O)(=O)C1. The number of nitriles is 1. The molecule has 5 nitrogen and oxygen atoms in total. The molecule has 1 saturated heterocycles. The van der Waals surface area contributed by atoms with Crippen LogP contribution in [0.4, 0.5) is 0 Å². The molecular weight excluding hydrogens is 178 g/mol. The first-order valence-electron chi connectivity index (χ1n) is 3.51. The van der Waals surface area contributed by atoms with Gasteiger partial charge in [0.2, 0.25) is 0 Å². The summed E-state index contributed by atoms with van der Waals surface area (Å²) in [6, 6.07) is 1.58. The molecule has 0 radical (unpaired) electrons. The van der Waals surface area contributed by atoms with Crippen molar-refractivity contribution in [3.63, 3.8) is 0 Å². The van der Waals surface area contributed by atoms with Crippen molar-refractivity contribution in [2.75, 3.05) is 11.5 Å². The molecule has 0 aromatic heterocycles. The molecule has 0 spiro atoms. The maximum atomic E-state index is 10.9. The Balaban J connectivity index is 2.40. The molecule has 0 bridgehead atoms. The average Bonchev–Trinajstić information content (AvgIpc) is 2.31. The standard InChI is InChI=1S/C6H9N3O2S/c7-2-3-8-9-6-1-4-12(10,11)5-6/h3,6,9H,1,4-5H2/b8-3+. The Morgan fingerprint density at radius 3 is 2.92 bits per heavy atom. The number of hydrogen-bond donors (Lipinski definition) is 1. The molecule has 12 heavy (non-hydrogen) atoms. The zero-order chi connectivity index (χ0) is 9.03. The van der Waals surface area contributed by atoms with Crippen molar-refractivity contribution in [3.8, 4) is 6.07 Å². The van der Waals surface area contributed by atoms with E-state index in [1.807, 2.05) is 0 Å². The Labute approximate surface area is 71.0 Å². The third-order valence-corrected chi connectivity index (χ3v) is 3.38. The van der Waals surface area contributed by atoms with Gasteiger partial charge in [0.05, 0.1) is 17.5 Å². The summed E-state index contributed by atoms with van der Waals surface area (Å²) in [6.07, 6.45) is 1.62. The lowest BCUT2D eigenvalue weighted by Crippen LogP contribution is -2.25. The van der Waals surface area contributed by atoms with Crippen LogP contribution in [-0.2, 0) is 9.84 Å². The highest BCUT2D eigenvalue weighted by molar-refractivity contribution is 7.91. The van der Waals surface area contributed by atoms with Crippen LogP contribution in [0.3, 0.4) is 0 Å². The van der Waals surface area contributed by atoms with Crippen LogP contribution in [0.25, 0.3) is 0 Å². The quantitative estimate of drug-likeness (QED) is 0.456. The summed E-state index contributed by atoms with van der Waals surface area (Å²) >= 11 is 0. The van der Waals surface area contributed by atoms with E-state index < -0.39 is 9.84 Å². The molecule has 0 aromatic carbocycles. The highest BCUT2D eigenvalue weighted by Gasteiger charge is 2.27. The third kappa shape index (κ3) is 2.51. The molecule has 66 valence electrons. The number of hydrogen-bond acceptors (Lipinski definition) is 5. The molecule has 1 atom stereocenters. The van der Waals surface area contributed by atoms with Gasteiger partial charge in [-0.1, -0.05) is 0 Å². The fourth-order valence-electron chi connectivity index (χ4n) is 1.07. The Kier molecular flexibility index (Phi) is 2.65. The summed E-state index contributed by atoms with van der Waals surface area (Å²) in [4.78, 5) is 0. The van der Waals surface area contributed by atoms with Crippen molar-refractivity contribution < 1.29 is 8.42 Å². The molecule has 1 rings (SSSR count). The predicted octanol–water partition coefficient (Wildman–Crippen LogP) is -0.728. The van der Waals surface area contributed by atoms with E-state index in [4.69, 9.17) is 5.26 Å². The Hall–Kier alpha value is -1.09. The fourth-order valence-corrected chi connectivity index (χ4v) is 2.73. The highest BCUT2D eigenvalue weighted by Crippen LogP contribution is 2.10. The normalized spacial score (nSPS) is 27.1. The van der Waals surface area contributed by atoms with Crippen molar-refractivity contribution in [2.45, 2.75) is 12.5 Å². The van der Waals surface area contributed by atoms with Gasteiger partial charge in [-0.3, -0.25) is 0 Å². The van der Waals surface area contributed by atoms with Crippen LogP contribution in [0, 0.1) is 11.3 Å². The van der Waals surface area contributed by atoms with Gasteiger partial charge in [0, 0.05) is 0 Å². The molecule has 1 N–H and O–H groups in total. The highest BCUT2D eigenvalue weighted by atomic mass is 32.2. The van der Waals surface area contributed by atoms with Gasteiger partial charge in [0.25, 0.3) is 0 Å². The minimum Gasteiger partial charge on any atom is -0.305 e. The van der Waals surface area contributed by atoms with E-state index in [0.29, 0.717) is 6.42 Å². The topological polar surface area (TPSA) is 82.3 Å². The minimum absolute atomic E-state index is 0.121. The summed E-state index contributed by atoms with van der Waals surface area (Å²) in [6.45, 7) is 0. The maximum absolute atomic E-state index is 10.9. The van der Waals surface area contributed by atoms with Crippen LogP contribution in [0.2, 0.25) is 0 Å². The van der Waals surface area contributed by atoms with E-state index in [1.165, 1.54) is 0 Å². The molecule has 0 aromatic rings. The summed E-state index contributed by atoms with van der Waals surface area (Å²) in [5, 5.41) is 11.6. The average molecular weight is 187 g/mol. The molecule has 0 saturated carbocycles. The second kappa shape index (κ2) is 3.54. The van der Waals surface area contributed by atoms with Gasteiger partial charge >= 0.3 is 0 Å². The van der Waals surface area contributed by atoms with E-state index in [1.54, 1.807) is 6.07 Å². The Morgan fingerprint density at radius 1 is 1.67 bits per heavy atom. The van der Waals surface area contributed by atoms with Crippen molar-refractivity contribution in [1.29, 1.82) is 5.26 Å². The van der Waals surface area contributed by atoms with Gasteiger partial charge in [-0.15, -0.1) is 0 Å². The Morgan fingerprint density at radius 2 is 2.42 bits per heavy atom. The Bertz CT molecular complexity index is 314. The molecule has 6 heteroatoms. The predicted molar refractivity (Wildman–Crippen MR) is 44.3 cm³/mol. The first kappa shape index (κ1) is 9.00. The first-order valence-corrected chi connectivity index (χ1v) is 5.33. The second-order valence-corrected chi connectivity index (χ2v) is 4.85. The van der Waals surface area contributed by atoms with Crippen LogP contribution >= 0.6 is 0 Å². The van der Waals surface area contributed by atoms with Crippen LogP contribution in [0.1, 0.15) is 6.42 Å². The molecule has 1 heterocycles. The van der Waals surface area contributed by atoms with E-state index in [2.05, 4.69) is 10.5 Å². The monoisotopic (exact) mass is 187 g/mol. The fraction of sp³-hybridized carbons (Fsp3) is 0.667. The van der Waals surface area contributed by atoms with E-state index in [-0.39, 0.29) is 17.5 Å². The van der Waals surface area contributed by atoms with Gasteiger partial charge in [-0.05, 0) is 6.42 Å². The first-order chi connectivity index (χ1) is 5.64. The largest absolute Gasteiger partial charge is 0.305 e. The molecule has 1 aliphatic rings. The van der Waals surface area contributed by atoms with E-state index in [0.717, 1.165) is 6.21 Å². The van der Waals surface area contributed by atoms with Gasteiger partial charge in [0.15, 0.2) is 9.84 Å². The number of sulfone groups is 1. The summed E-state index contributed by atoms with van der Waals surface area (Å²) in [5.74, 6) is 0.336. The van der Waals surface area contributed by atoms with Crippen LogP contribution < -0.4 is 5.43 Å². The maximum Gasteiger partial charge on any atom is 0.152 e. The molecular formula is C6H9N3O2S. The smallest absolute Gasteiger partial charge is 0.152 e. The number of nitrogens with one attached hydrogen (secondary N) is 1. The lowest BCUT2D eigenvalue weighted by atomic mass is 10.3. The second-order valence-electron chi connectivity index (χ2n) is 2.62. The van der Waals surface area contributed by atoms with Crippen molar-refractivity contribution >= 4 is 16.1 Å².